The Morgan fingerprint density at radius 2 is 2.21 bits per heavy atom. The molecule has 2 unspecified atom stereocenters. The largest absolute Gasteiger partial charge is 0.478 e. The highest BCUT2D eigenvalue weighted by molar-refractivity contribution is 7.84. The summed E-state index contributed by atoms with van der Waals surface area (Å²) in [6, 6.07) is 4.88. The van der Waals surface area contributed by atoms with E-state index in [2.05, 4.69) is 4.98 Å². The van der Waals surface area contributed by atoms with Crippen molar-refractivity contribution in [1.82, 2.24) is 9.55 Å². The van der Waals surface area contributed by atoms with Crippen LogP contribution in [0.5, 0.6) is 0 Å². The van der Waals surface area contributed by atoms with Gasteiger partial charge < -0.3 is 9.67 Å². The molecule has 5 nitrogen and oxygen atoms in total. The summed E-state index contributed by atoms with van der Waals surface area (Å²) in [6.07, 6.45) is 1.66. The molecule has 0 saturated heterocycles. The van der Waals surface area contributed by atoms with E-state index in [4.69, 9.17) is 5.11 Å². The van der Waals surface area contributed by atoms with Gasteiger partial charge in [0.1, 0.15) is 5.82 Å². The van der Waals surface area contributed by atoms with Crippen LogP contribution >= 0.6 is 0 Å². The molecule has 2 aromatic rings. The van der Waals surface area contributed by atoms with Crippen molar-refractivity contribution in [3.8, 4) is 0 Å². The van der Waals surface area contributed by atoms with Gasteiger partial charge in [-0.15, -0.1) is 0 Å². The Balaban J connectivity index is 2.58. The lowest BCUT2D eigenvalue weighted by atomic mass is 10.2. The van der Waals surface area contributed by atoms with Crippen molar-refractivity contribution in [2.45, 2.75) is 19.9 Å². The minimum Gasteiger partial charge on any atom is -0.478 e. The number of imidazole rings is 1. The number of benzene rings is 1. The molecule has 0 bridgehead atoms. The van der Waals surface area contributed by atoms with Gasteiger partial charge in [-0.05, 0) is 32.0 Å². The summed E-state index contributed by atoms with van der Waals surface area (Å²) < 4.78 is 13.3. The van der Waals surface area contributed by atoms with Crippen molar-refractivity contribution >= 4 is 27.8 Å². The number of carboxylic acids is 1. The molecule has 1 aromatic heterocycles. The number of rotatable bonds is 4. The van der Waals surface area contributed by atoms with Gasteiger partial charge in [0.05, 0.1) is 16.6 Å². The third kappa shape index (κ3) is 2.68. The van der Waals surface area contributed by atoms with E-state index >= 15 is 0 Å². The molecule has 1 N–H and O–H groups in total. The van der Waals surface area contributed by atoms with Gasteiger partial charge in [-0.25, -0.2) is 9.78 Å². The molecule has 0 aliphatic heterocycles. The van der Waals surface area contributed by atoms with Crippen LogP contribution in [0.1, 0.15) is 29.1 Å². The lowest BCUT2D eigenvalue weighted by Gasteiger charge is -2.15. The summed E-state index contributed by atoms with van der Waals surface area (Å²) in [5.74, 6) is 0.360. The van der Waals surface area contributed by atoms with Crippen molar-refractivity contribution in [1.29, 1.82) is 0 Å². The highest BCUT2D eigenvalue weighted by atomic mass is 32.2. The maximum atomic E-state index is 11.4. The fourth-order valence-electron chi connectivity index (χ4n) is 2.32. The molecule has 2 rings (SSSR count). The van der Waals surface area contributed by atoms with Crippen LogP contribution in [0.25, 0.3) is 11.0 Å². The van der Waals surface area contributed by atoms with Crippen molar-refractivity contribution in [3.63, 3.8) is 0 Å². The summed E-state index contributed by atoms with van der Waals surface area (Å²) in [4.78, 5) is 15.4. The van der Waals surface area contributed by atoms with Crippen molar-refractivity contribution in [2.24, 2.45) is 0 Å². The summed E-state index contributed by atoms with van der Waals surface area (Å²) in [7, 11) is -0.911. The van der Waals surface area contributed by atoms with E-state index in [-0.39, 0.29) is 11.6 Å². The number of carbonyl (C=O) groups is 1. The molecular weight excluding hydrogens is 264 g/mol. The zero-order valence-corrected chi connectivity index (χ0v) is 11.9. The molecule has 102 valence electrons. The molecule has 19 heavy (non-hydrogen) atoms. The Labute approximate surface area is 113 Å². The number of hydrogen-bond acceptors (Lipinski definition) is 3. The summed E-state index contributed by atoms with van der Waals surface area (Å²) in [5, 5.41) is 9.05. The molecule has 0 saturated carbocycles. The third-order valence-corrected chi connectivity index (χ3v) is 3.98. The number of aromatic carboxylic acids is 1. The molecule has 0 radical (unpaired) electrons. The first-order chi connectivity index (χ1) is 8.90. The second kappa shape index (κ2) is 5.13. The maximum absolute atomic E-state index is 11.4. The van der Waals surface area contributed by atoms with Crippen LogP contribution < -0.4 is 0 Å². The first-order valence-electron chi connectivity index (χ1n) is 5.92. The normalized spacial score (nSPS) is 14.5. The minimum atomic E-state index is -0.959. The standard InChI is InChI=1S/C13H16N2O3S/c1-8(7-19(3)18)15-9(2)14-11-5-4-10(13(16)17)6-12(11)15/h4-6,8H,7H2,1-3H3,(H,16,17). The molecule has 0 aliphatic carbocycles. The maximum Gasteiger partial charge on any atom is 0.335 e. The van der Waals surface area contributed by atoms with Crippen LogP contribution in [0, 0.1) is 6.92 Å². The molecular formula is C13H16N2O3S. The van der Waals surface area contributed by atoms with Crippen LogP contribution in [0.2, 0.25) is 0 Å². The van der Waals surface area contributed by atoms with E-state index in [9.17, 15) is 9.00 Å². The Hall–Kier alpha value is -1.69. The van der Waals surface area contributed by atoms with Gasteiger partial charge in [0, 0.05) is 28.9 Å². The summed E-state index contributed by atoms with van der Waals surface area (Å²) in [6.45, 7) is 3.83. The number of fused-ring (bicyclic) bond motifs is 1. The lowest BCUT2D eigenvalue weighted by Crippen LogP contribution is -2.14. The first kappa shape index (κ1) is 13.7. The molecule has 0 amide bonds. The lowest BCUT2D eigenvalue weighted by molar-refractivity contribution is 0.0697. The van der Waals surface area contributed by atoms with Crippen LogP contribution in [0.3, 0.4) is 0 Å². The van der Waals surface area contributed by atoms with Crippen molar-refractivity contribution in [2.75, 3.05) is 12.0 Å². The summed E-state index contributed by atoms with van der Waals surface area (Å²) in [5.41, 5.74) is 1.77. The summed E-state index contributed by atoms with van der Waals surface area (Å²) >= 11 is 0. The van der Waals surface area contributed by atoms with Gasteiger partial charge in [0.2, 0.25) is 0 Å². The van der Waals surface area contributed by atoms with Gasteiger partial charge in [0.25, 0.3) is 0 Å². The predicted molar refractivity (Wildman–Crippen MR) is 75.1 cm³/mol. The molecule has 1 heterocycles. The van der Waals surface area contributed by atoms with E-state index in [1.807, 2.05) is 18.4 Å². The van der Waals surface area contributed by atoms with E-state index in [0.29, 0.717) is 5.75 Å². The van der Waals surface area contributed by atoms with Crippen LogP contribution in [-0.2, 0) is 10.8 Å². The highest BCUT2D eigenvalue weighted by Gasteiger charge is 2.16. The van der Waals surface area contributed by atoms with Gasteiger partial charge >= 0.3 is 5.97 Å². The molecule has 0 spiro atoms. The van der Waals surface area contributed by atoms with Gasteiger partial charge in [-0.2, -0.15) is 0 Å². The van der Waals surface area contributed by atoms with E-state index in [1.165, 1.54) is 0 Å². The fourth-order valence-corrected chi connectivity index (χ4v) is 3.15. The molecule has 0 aliphatic rings. The molecule has 2 atom stereocenters. The van der Waals surface area contributed by atoms with Gasteiger partial charge in [-0.3, -0.25) is 4.21 Å². The van der Waals surface area contributed by atoms with E-state index in [0.717, 1.165) is 16.9 Å². The Bertz CT molecular complexity index is 663. The van der Waals surface area contributed by atoms with Crippen LogP contribution in [0.15, 0.2) is 18.2 Å². The quantitative estimate of drug-likeness (QED) is 0.929. The zero-order valence-electron chi connectivity index (χ0n) is 11.1. The fraction of sp³-hybridized carbons (Fsp3) is 0.385. The average Bonchev–Trinajstić information content (AvgIpc) is 2.62. The second-order valence-electron chi connectivity index (χ2n) is 4.63. The smallest absolute Gasteiger partial charge is 0.335 e. The van der Waals surface area contributed by atoms with Gasteiger partial charge in [0.15, 0.2) is 0 Å². The number of carboxylic acid groups (broad SMARTS) is 1. The second-order valence-corrected chi connectivity index (χ2v) is 6.11. The molecule has 0 fully saturated rings. The van der Waals surface area contributed by atoms with E-state index < -0.39 is 16.8 Å². The van der Waals surface area contributed by atoms with Crippen LogP contribution in [-0.4, -0.2) is 36.8 Å². The highest BCUT2D eigenvalue weighted by Crippen LogP contribution is 2.22. The Kier molecular flexibility index (Phi) is 3.71. The first-order valence-corrected chi connectivity index (χ1v) is 7.64. The third-order valence-electron chi connectivity index (χ3n) is 3.03. The topological polar surface area (TPSA) is 72.2 Å². The minimum absolute atomic E-state index is 0.0138. The van der Waals surface area contributed by atoms with Crippen LogP contribution in [0.4, 0.5) is 0 Å². The SMILES string of the molecule is Cc1nc2ccc(C(=O)O)cc2n1C(C)CS(C)=O. The number of hydrogen-bond donors (Lipinski definition) is 1. The van der Waals surface area contributed by atoms with Gasteiger partial charge in [-0.1, -0.05) is 0 Å². The average molecular weight is 280 g/mol. The number of aromatic nitrogens is 2. The van der Waals surface area contributed by atoms with Crippen molar-refractivity contribution < 1.29 is 14.1 Å². The number of aryl methyl sites for hydroxylation is 1. The predicted octanol–water partition coefficient (Wildman–Crippen LogP) is 1.98. The molecule has 1 aromatic carbocycles. The van der Waals surface area contributed by atoms with Crippen molar-refractivity contribution in [3.05, 3.63) is 29.6 Å². The Morgan fingerprint density at radius 3 is 2.79 bits per heavy atom. The number of nitrogens with zero attached hydrogens (tertiary/aromatic N) is 2. The van der Waals surface area contributed by atoms with E-state index in [1.54, 1.807) is 24.5 Å². The zero-order chi connectivity index (χ0) is 14.2. The monoisotopic (exact) mass is 280 g/mol. The molecule has 6 heteroatoms. The Morgan fingerprint density at radius 1 is 1.53 bits per heavy atom.